The molecule has 1 heterocycles. The maximum atomic E-state index is 5.89. The lowest BCUT2D eigenvalue weighted by Crippen LogP contribution is -2.44. The van der Waals surface area contributed by atoms with Crippen molar-refractivity contribution in [3.05, 3.63) is 0 Å². The number of nitrogens with two attached hydrogens (primary N) is 1. The minimum absolute atomic E-state index is 0.0255. The van der Waals surface area contributed by atoms with Gasteiger partial charge in [-0.3, -0.25) is 0 Å². The van der Waals surface area contributed by atoms with E-state index in [4.69, 9.17) is 10.5 Å². The van der Waals surface area contributed by atoms with E-state index in [1.807, 2.05) is 0 Å². The Morgan fingerprint density at radius 1 is 1.67 bits per heavy atom. The van der Waals surface area contributed by atoms with Gasteiger partial charge in [-0.2, -0.15) is 0 Å². The van der Waals surface area contributed by atoms with Gasteiger partial charge in [0.2, 0.25) is 0 Å². The summed E-state index contributed by atoms with van der Waals surface area (Å²) >= 11 is 0. The Labute approximate surface area is 56.4 Å². The van der Waals surface area contributed by atoms with E-state index in [1.165, 1.54) is 0 Å². The third-order valence-electron chi connectivity index (χ3n) is 1.83. The summed E-state index contributed by atoms with van der Waals surface area (Å²) in [5.74, 6) is 0. The van der Waals surface area contributed by atoms with Gasteiger partial charge in [0.05, 0.1) is 6.10 Å². The zero-order chi connectivity index (χ0) is 6.91. The molecule has 0 aromatic rings. The summed E-state index contributed by atoms with van der Waals surface area (Å²) in [7, 11) is 0. The highest BCUT2D eigenvalue weighted by Gasteiger charge is 2.26. The first-order chi connectivity index (χ1) is 4.10. The molecule has 2 N–H and O–H groups in total. The van der Waals surface area contributed by atoms with Gasteiger partial charge in [-0.15, -0.1) is 0 Å². The van der Waals surface area contributed by atoms with Crippen LogP contribution in [0.1, 0.15) is 26.7 Å². The maximum Gasteiger partial charge on any atom is 0.0564 e. The quantitative estimate of drug-likeness (QED) is 0.527. The molecule has 0 aliphatic carbocycles. The molecule has 0 aromatic carbocycles. The van der Waals surface area contributed by atoms with Gasteiger partial charge in [0.1, 0.15) is 0 Å². The molecule has 9 heavy (non-hydrogen) atoms. The van der Waals surface area contributed by atoms with Crippen LogP contribution < -0.4 is 5.73 Å². The summed E-state index contributed by atoms with van der Waals surface area (Å²) in [4.78, 5) is 0. The Morgan fingerprint density at radius 3 is 2.67 bits per heavy atom. The first-order valence-corrected chi connectivity index (χ1v) is 3.51. The molecule has 1 fully saturated rings. The van der Waals surface area contributed by atoms with Crippen LogP contribution in [0.25, 0.3) is 0 Å². The molecule has 2 nitrogen and oxygen atoms in total. The van der Waals surface area contributed by atoms with Crippen molar-refractivity contribution in [1.82, 2.24) is 0 Å². The van der Waals surface area contributed by atoms with Crippen molar-refractivity contribution in [3.63, 3.8) is 0 Å². The Bertz CT molecular complexity index is 101. The van der Waals surface area contributed by atoms with Crippen LogP contribution >= 0.6 is 0 Å². The van der Waals surface area contributed by atoms with Gasteiger partial charge < -0.3 is 10.5 Å². The molecule has 0 bridgehead atoms. The van der Waals surface area contributed by atoms with Gasteiger partial charge in [0.25, 0.3) is 0 Å². The van der Waals surface area contributed by atoms with Crippen LogP contribution in [0.4, 0.5) is 0 Å². The molecule has 0 amide bonds. The highest BCUT2D eigenvalue weighted by Crippen LogP contribution is 2.20. The highest BCUT2D eigenvalue weighted by molar-refractivity contribution is 4.83. The van der Waals surface area contributed by atoms with Crippen LogP contribution in [-0.4, -0.2) is 18.2 Å². The summed E-state index contributed by atoms with van der Waals surface area (Å²) in [6.45, 7) is 4.99. The number of hydrogen-bond donors (Lipinski definition) is 1. The lowest BCUT2D eigenvalue weighted by atomic mass is 9.91. The molecule has 1 saturated heterocycles. The van der Waals surface area contributed by atoms with Gasteiger partial charge in [0.15, 0.2) is 0 Å². The molecular weight excluding hydrogens is 114 g/mol. The molecule has 0 unspecified atom stereocenters. The summed E-state index contributed by atoms with van der Waals surface area (Å²) in [5, 5.41) is 0. The lowest BCUT2D eigenvalue weighted by molar-refractivity contribution is -0.00263. The van der Waals surface area contributed by atoms with E-state index >= 15 is 0 Å². The van der Waals surface area contributed by atoms with Gasteiger partial charge in [-0.05, 0) is 26.7 Å². The predicted molar refractivity (Wildman–Crippen MR) is 37.2 cm³/mol. The van der Waals surface area contributed by atoms with E-state index in [-0.39, 0.29) is 5.54 Å². The van der Waals surface area contributed by atoms with Crippen LogP contribution in [0.2, 0.25) is 0 Å². The third kappa shape index (κ3) is 1.95. The molecule has 0 spiro atoms. The Morgan fingerprint density at radius 2 is 2.33 bits per heavy atom. The number of ether oxygens (including phenoxy) is 1. The van der Waals surface area contributed by atoms with Gasteiger partial charge >= 0.3 is 0 Å². The van der Waals surface area contributed by atoms with Crippen LogP contribution in [0.15, 0.2) is 0 Å². The minimum atomic E-state index is 0.0255. The van der Waals surface area contributed by atoms with Crippen molar-refractivity contribution >= 4 is 0 Å². The van der Waals surface area contributed by atoms with Crippen molar-refractivity contribution in [3.8, 4) is 0 Å². The monoisotopic (exact) mass is 129 g/mol. The summed E-state index contributed by atoms with van der Waals surface area (Å²) in [6, 6.07) is 0. The normalized spacial score (nSPS) is 45.0. The second kappa shape index (κ2) is 2.27. The third-order valence-corrected chi connectivity index (χ3v) is 1.83. The Kier molecular flexibility index (Phi) is 1.78. The van der Waals surface area contributed by atoms with Gasteiger partial charge in [0, 0.05) is 12.1 Å². The fraction of sp³-hybridized carbons (Fsp3) is 1.00. The first kappa shape index (κ1) is 7.03. The summed E-state index contributed by atoms with van der Waals surface area (Å²) < 4.78 is 5.33. The smallest absolute Gasteiger partial charge is 0.0564 e. The zero-order valence-electron chi connectivity index (χ0n) is 6.18. The average Bonchev–Trinajstić information content (AvgIpc) is 1.60. The summed E-state index contributed by atoms with van der Waals surface area (Å²) in [6.07, 6.45) is 2.35. The van der Waals surface area contributed by atoms with E-state index in [0.717, 1.165) is 19.4 Å². The number of hydrogen-bond acceptors (Lipinski definition) is 2. The molecule has 0 radical (unpaired) electrons. The van der Waals surface area contributed by atoms with Crippen LogP contribution in [-0.2, 0) is 4.74 Å². The molecule has 1 aliphatic rings. The lowest BCUT2D eigenvalue weighted by Gasteiger charge is -2.33. The van der Waals surface area contributed by atoms with E-state index in [2.05, 4.69) is 13.8 Å². The standard InChI is InChI=1S/C7H15NO/c1-6-5-7(2,8)3-4-9-6/h6H,3-5,8H2,1-2H3/t6-,7+/m1/s1. The molecule has 1 rings (SSSR count). The highest BCUT2D eigenvalue weighted by atomic mass is 16.5. The molecule has 2 heteroatoms. The van der Waals surface area contributed by atoms with E-state index in [9.17, 15) is 0 Å². The van der Waals surface area contributed by atoms with E-state index in [0.29, 0.717) is 6.10 Å². The van der Waals surface area contributed by atoms with Crippen LogP contribution in [0, 0.1) is 0 Å². The predicted octanol–water partition coefficient (Wildman–Crippen LogP) is 0.903. The SMILES string of the molecule is C[C@@H]1C[C@@](C)(N)CCO1. The van der Waals surface area contributed by atoms with Crippen LogP contribution in [0.3, 0.4) is 0 Å². The first-order valence-electron chi connectivity index (χ1n) is 3.51. The second-order valence-corrected chi connectivity index (χ2v) is 3.29. The molecule has 0 saturated carbocycles. The fourth-order valence-corrected chi connectivity index (χ4v) is 1.31. The van der Waals surface area contributed by atoms with Gasteiger partial charge in [-0.1, -0.05) is 0 Å². The molecule has 0 aromatic heterocycles. The van der Waals surface area contributed by atoms with Gasteiger partial charge in [-0.25, -0.2) is 0 Å². The van der Waals surface area contributed by atoms with Crippen molar-refractivity contribution < 1.29 is 4.74 Å². The molecule has 54 valence electrons. The fourth-order valence-electron chi connectivity index (χ4n) is 1.31. The molecule has 2 atom stereocenters. The molecular formula is C7H15NO. The largest absolute Gasteiger partial charge is 0.378 e. The average molecular weight is 129 g/mol. The van der Waals surface area contributed by atoms with Crippen molar-refractivity contribution in [1.29, 1.82) is 0 Å². The molecule has 1 aliphatic heterocycles. The topological polar surface area (TPSA) is 35.2 Å². The second-order valence-electron chi connectivity index (χ2n) is 3.29. The zero-order valence-corrected chi connectivity index (χ0v) is 6.18. The Hall–Kier alpha value is -0.0800. The summed E-state index contributed by atoms with van der Waals surface area (Å²) in [5.41, 5.74) is 5.91. The van der Waals surface area contributed by atoms with Crippen molar-refractivity contribution in [2.24, 2.45) is 5.73 Å². The maximum absolute atomic E-state index is 5.89. The van der Waals surface area contributed by atoms with Crippen LogP contribution in [0.5, 0.6) is 0 Å². The Balaban J connectivity index is 2.41. The minimum Gasteiger partial charge on any atom is -0.378 e. The van der Waals surface area contributed by atoms with Crippen molar-refractivity contribution in [2.45, 2.75) is 38.3 Å². The van der Waals surface area contributed by atoms with Crippen molar-refractivity contribution in [2.75, 3.05) is 6.61 Å². The number of rotatable bonds is 0. The van der Waals surface area contributed by atoms with E-state index in [1.54, 1.807) is 0 Å². The van der Waals surface area contributed by atoms with E-state index < -0.39 is 0 Å².